The van der Waals surface area contributed by atoms with Crippen molar-refractivity contribution in [1.29, 1.82) is 0 Å². The van der Waals surface area contributed by atoms with E-state index in [0.29, 0.717) is 21.9 Å². The predicted octanol–water partition coefficient (Wildman–Crippen LogP) is 4.03. The third kappa shape index (κ3) is 5.76. The Balaban J connectivity index is 1.44. The van der Waals surface area contributed by atoms with Crippen molar-refractivity contribution in [3.05, 3.63) is 82.0 Å². The number of benzene rings is 2. The van der Waals surface area contributed by atoms with Crippen molar-refractivity contribution in [3.63, 3.8) is 0 Å². The van der Waals surface area contributed by atoms with Crippen LogP contribution in [0.1, 0.15) is 32.0 Å². The Kier molecular flexibility index (Phi) is 6.76. The minimum atomic E-state index is -0.453. The Hall–Kier alpha value is -3.45. The normalized spacial score (nSPS) is 10.2. The second kappa shape index (κ2) is 9.66. The van der Waals surface area contributed by atoms with Crippen LogP contribution in [0.4, 0.5) is 5.69 Å². The van der Waals surface area contributed by atoms with Gasteiger partial charge in [0.05, 0.1) is 11.3 Å². The summed E-state index contributed by atoms with van der Waals surface area (Å²) in [7, 11) is 0. The maximum Gasteiger partial charge on any atom is 0.312 e. The molecule has 0 spiro atoms. The molecule has 0 aliphatic heterocycles. The number of hydrogen-bond donors (Lipinski definition) is 2. The van der Waals surface area contributed by atoms with Gasteiger partial charge in [-0.15, -0.1) is 11.3 Å². The van der Waals surface area contributed by atoms with E-state index in [1.165, 1.54) is 11.3 Å². The number of carbonyl (C=O) groups is 3. The van der Waals surface area contributed by atoms with Crippen molar-refractivity contribution in [3.8, 4) is 5.75 Å². The van der Waals surface area contributed by atoms with E-state index in [1.807, 2.05) is 30.5 Å². The highest BCUT2D eigenvalue weighted by molar-refractivity contribution is 7.12. The van der Waals surface area contributed by atoms with Crippen LogP contribution < -0.4 is 15.4 Å². The van der Waals surface area contributed by atoms with E-state index < -0.39 is 5.97 Å². The number of ether oxygens (including phenoxy) is 1. The van der Waals surface area contributed by atoms with E-state index in [0.717, 1.165) is 5.56 Å². The number of rotatable bonds is 7. The number of carbonyl (C=O) groups excluding carboxylic acids is 3. The van der Waals surface area contributed by atoms with Gasteiger partial charge in [0.2, 0.25) is 0 Å². The summed E-state index contributed by atoms with van der Waals surface area (Å²) < 4.78 is 5.26. The largest absolute Gasteiger partial charge is 0.426 e. The van der Waals surface area contributed by atoms with Crippen molar-refractivity contribution in [1.82, 2.24) is 5.32 Å². The van der Waals surface area contributed by atoms with Gasteiger partial charge in [0, 0.05) is 17.8 Å². The fourth-order valence-electron chi connectivity index (χ4n) is 2.59. The molecule has 2 N–H and O–H groups in total. The smallest absolute Gasteiger partial charge is 0.312 e. The van der Waals surface area contributed by atoms with Crippen LogP contribution in [-0.4, -0.2) is 24.3 Å². The minimum Gasteiger partial charge on any atom is -0.426 e. The summed E-state index contributed by atoms with van der Waals surface area (Å²) in [4.78, 5) is 36.7. The van der Waals surface area contributed by atoms with E-state index in [2.05, 4.69) is 10.6 Å². The molecule has 2 amide bonds. The first-order chi connectivity index (χ1) is 14.0. The molecule has 0 unspecified atom stereocenters. The van der Waals surface area contributed by atoms with E-state index >= 15 is 0 Å². The molecule has 3 rings (SSSR count). The Morgan fingerprint density at radius 3 is 2.38 bits per heavy atom. The third-order valence-corrected chi connectivity index (χ3v) is 4.96. The topological polar surface area (TPSA) is 84.5 Å². The van der Waals surface area contributed by atoms with Gasteiger partial charge in [0.25, 0.3) is 11.8 Å². The molecule has 0 fully saturated rings. The second-order valence-corrected chi connectivity index (χ2v) is 7.20. The van der Waals surface area contributed by atoms with E-state index in [4.69, 9.17) is 4.74 Å². The van der Waals surface area contributed by atoms with E-state index in [1.54, 1.807) is 42.5 Å². The van der Waals surface area contributed by atoms with Crippen molar-refractivity contribution in [2.24, 2.45) is 0 Å². The Labute approximate surface area is 172 Å². The number of anilines is 1. The van der Waals surface area contributed by atoms with Crippen LogP contribution in [-0.2, 0) is 4.79 Å². The molecule has 1 aromatic heterocycles. The van der Waals surface area contributed by atoms with Gasteiger partial charge in [-0.05, 0) is 54.3 Å². The molecule has 148 valence electrons. The number of esters is 1. The van der Waals surface area contributed by atoms with Crippen LogP contribution in [0.2, 0.25) is 0 Å². The van der Waals surface area contributed by atoms with Gasteiger partial charge in [0.15, 0.2) is 0 Å². The monoisotopic (exact) mass is 408 g/mol. The van der Waals surface area contributed by atoms with E-state index in [9.17, 15) is 14.4 Å². The lowest BCUT2D eigenvalue weighted by Gasteiger charge is -2.08. The number of amides is 2. The predicted molar refractivity (Wildman–Crippen MR) is 112 cm³/mol. The number of aryl methyl sites for hydroxylation is 1. The molecule has 3 aromatic rings. The van der Waals surface area contributed by atoms with Gasteiger partial charge in [0.1, 0.15) is 5.75 Å². The third-order valence-electron chi connectivity index (χ3n) is 4.09. The summed E-state index contributed by atoms with van der Waals surface area (Å²) >= 11 is 1.36. The van der Waals surface area contributed by atoms with Crippen molar-refractivity contribution >= 4 is 34.8 Å². The molecule has 1 heterocycles. The number of hydrogen-bond acceptors (Lipinski definition) is 5. The summed E-state index contributed by atoms with van der Waals surface area (Å²) in [6, 6.07) is 17.3. The summed E-state index contributed by atoms with van der Waals surface area (Å²) in [6.45, 7) is 2.04. The average molecular weight is 408 g/mol. The molecular weight excluding hydrogens is 388 g/mol. The Morgan fingerprint density at radius 2 is 1.69 bits per heavy atom. The Bertz CT molecular complexity index is 998. The molecule has 29 heavy (non-hydrogen) atoms. The minimum absolute atomic E-state index is 0.0501. The molecule has 0 aliphatic carbocycles. The first kappa shape index (κ1) is 20.3. The zero-order chi connectivity index (χ0) is 20.6. The summed E-state index contributed by atoms with van der Waals surface area (Å²) in [5.74, 6) is -0.490. The zero-order valence-corrected chi connectivity index (χ0v) is 16.6. The molecule has 2 aromatic carbocycles. The molecule has 7 heteroatoms. The number of nitrogens with one attached hydrogen (secondary N) is 2. The summed E-state index contributed by atoms with van der Waals surface area (Å²) in [5.41, 5.74) is 2.06. The standard InChI is InChI=1S/C22H20N2O4S/c1-15-5-2-3-6-18(15)21(26)23-13-12-20(25)28-17-10-8-16(9-11-17)24-22(27)19-7-4-14-29-19/h2-11,14H,12-13H2,1H3,(H,23,26)(H,24,27). The maximum absolute atomic E-state index is 12.1. The lowest BCUT2D eigenvalue weighted by Crippen LogP contribution is -2.27. The quantitative estimate of drug-likeness (QED) is 0.457. The van der Waals surface area contributed by atoms with Crippen molar-refractivity contribution in [2.75, 3.05) is 11.9 Å². The number of thiophene rings is 1. The Morgan fingerprint density at radius 1 is 0.931 bits per heavy atom. The first-order valence-corrected chi connectivity index (χ1v) is 9.90. The molecule has 0 saturated carbocycles. The van der Waals surface area contributed by atoms with Gasteiger partial charge >= 0.3 is 5.97 Å². The highest BCUT2D eigenvalue weighted by atomic mass is 32.1. The second-order valence-electron chi connectivity index (χ2n) is 6.25. The van der Waals surface area contributed by atoms with Crippen LogP contribution in [0.3, 0.4) is 0 Å². The van der Waals surface area contributed by atoms with E-state index in [-0.39, 0.29) is 24.8 Å². The first-order valence-electron chi connectivity index (χ1n) is 9.02. The van der Waals surface area contributed by atoms with Crippen LogP contribution in [0.5, 0.6) is 5.75 Å². The SMILES string of the molecule is Cc1ccccc1C(=O)NCCC(=O)Oc1ccc(NC(=O)c2cccs2)cc1. The van der Waals surface area contributed by atoms with Gasteiger partial charge < -0.3 is 15.4 Å². The van der Waals surface area contributed by atoms with Gasteiger partial charge in [-0.3, -0.25) is 14.4 Å². The summed E-state index contributed by atoms with van der Waals surface area (Å²) in [5, 5.41) is 7.32. The zero-order valence-electron chi connectivity index (χ0n) is 15.8. The van der Waals surface area contributed by atoms with Gasteiger partial charge in [-0.1, -0.05) is 24.3 Å². The highest BCUT2D eigenvalue weighted by Gasteiger charge is 2.11. The van der Waals surface area contributed by atoms with Crippen LogP contribution >= 0.6 is 11.3 Å². The lowest BCUT2D eigenvalue weighted by molar-refractivity contribution is -0.134. The highest BCUT2D eigenvalue weighted by Crippen LogP contribution is 2.18. The van der Waals surface area contributed by atoms with Crippen LogP contribution in [0, 0.1) is 6.92 Å². The van der Waals surface area contributed by atoms with Gasteiger partial charge in [-0.25, -0.2) is 0 Å². The van der Waals surface area contributed by atoms with Crippen molar-refractivity contribution < 1.29 is 19.1 Å². The molecular formula is C22H20N2O4S. The molecule has 0 saturated heterocycles. The lowest BCUT2D eigenvalue weighted by atomic mass is 10.1. The maximum atomic E-state index is 12.1. The van der Waals surface area contributed by atoms with Crippen molar-refractivity contribution in [2.45, 2.75) is 13.3 Å². The average Bonchev–Trinajstić information content (AvgIpc) is 3.25. The summed E-state index contributed by atoms with van der Waals surface area (Å²) in [6.07, 6.45) is 0.0501. The molecule has 0 atom stereocenters. The van der Waals surface area contributed by atoms with Crippen LogP contribution in [0.25, 0.3) is 0 Å². The molecule has 6 nitrogen and oxygen atoms in total. The fourth-order valence-corrected chi connectivity index (χ4v) is 3.21. The fraction of sp³-hybridized carbons (Fsp3) is 0.136. The molecule has 0 bridgehead atoms. The molecule has 0 aliphatic rings. The van der Waals surface area contributed by atoms with Gasteiger partial charge in [-0.2, -0.15) is 0 Å². The molecule has 0 radical (unpaired) electrons. The van der Waals surface area contributed by atoms with Crippen LogP contribution in [0.15, 0.2) is 66.0 Å².